The highest BCUT2D eigenvalue weighted by atomic mass is 16.4. The first-order chi connectivity index (χ1) is 10.0. The summed E-state index contributed by atoms with van der Waals surface area (Å²) in [5, 5.41) is 9.16. The van der Waals surface area contributed by atoms with E-state index in [1.807, 2.05) is 0 Å². The maximum Gasteiger partial charge on any atom is 0.336 e. The Bertz CT molecular complexity index is 571. The number of aromatic carboxylic acids is 1. The number of rotatable bonds is 2. The Morgan fingerprint density at radius 3 is 2.14 bits per heavy atom. The van der Waals surface area contributed by atoms with Crippen LogP contribution in [0, 0.1) is 0 Å². The lowest BCUT2D eigenvalue weighted by Crippen LogP contribution is -2.37. The van der Waals surface area contributed by atoms with Crippen LogP contribution in [0.25, 0.3) is 0 Å². The SMILES string of the molecule is CC(=O)N1CCCN(C(=O)c2ccccc2C(=O)O)CC1. The molecule has 0 aromatic heterocycles. The summed E-state index contributed by atoms with van der Waals surface area (Å²) in [5.74, 6) is -1.41. The molecule has 1 aromatic rings. The molecule has 21 heavy (non-hydrogen) atoms. The maximum absolute atomic E-state index is 12.5. The van der Waals surface area contributed by atoms with Gasteiger partial charge in [-0.1, -0.05) is 12.1 Å². The monoisotopic (exact) mass is 290 g/mol. The van der Waals surface area contributed by atoms with Gasteiger partial charge in [-0.25, -0.2) is 4.79 Å². The summed E-state index contributed by atoms with van der Waals surface area (Å²) in [6, 6.07) is 6.20. The number of hydrogen-bond donors (Lipinski definition) is 1. The van der Waals surface area contributed by atoms with Crippen LogP contribution in [0.3, 0.4) is 0 Å². The molecule has 2 rings (SSSR count). The molecular weight excluding hydrogens is 272 g/mol. The van der Waals surface area contributed by atoms with E-state index >= 15 is 0 Å². The zero-order valence-corrected chi connectivity index (χ0v) is 11.9. The third-order valence-corrected chi connectivity index (χ3v) is 3.62. The van der Waals surface area contributed by atoms with Crippen molar-refractivity contribution in [3.05, 3.63) is 35.4 Å². The second kappa shape index (κ2) is 6.39. The Balaban J connectivity index is 2.17. The summed E-state index contributed by atoms with van der Waals surface area (Å²) in [6.07, 6.45) is 0.695. The smallest absolute Gasteiger partial charge is 0.336 e. The number of amides is 2. The highest BCUT2D eigenvalue weighted by Gasteiger charge is 2.24. The number of carboxylic acids is 1. The first-order valence-corrected chi connectivity index (χ1v) is 6.88. The van der Waals surface area contributed by atoms with Gasteiger partial charge in [-0.2, -0.15) is 0 Å². The van der Waals surface area contributed by atoms with Gasteiger partial charge < -0.3 is 14.9 Å². The summed E-state index contributed by atoms with van der Waals surface area (Å²) in [6.45, 7) is 3.57. The first kappa shape index (κ1) is 15.0. The van der Waals surface area contributed by atoms with Crippen molar-refractivity contribution in [1.29, 1.82) is 0 Å². The normalized spacial score (nSPS) is 15.5. The van der Waals surface area contributed by atoms with Crippen molar-refractivity contribution in [3.63, 3.8) is 0 Å². The Kier molecular flexibility index (Phi) is 4.57. The third-order valence-electron chi connectivity index (χ3n) is 3.62. The molecule has 1 saturated heterocycles. The highest BCUT2D eigenvalue weighted by Crippen LogP contribution is 2.14. The third kappa shape index (κ3) is 3.39. The second-order valence-corrected chi connectivity index (χ2v) is 5.00. The van der Waals surface area contributed by atoms with E-state index in [1.165, 1.54) is 19.1 Å². The lowest BCUT2D eigenvalue weighted by molar-refractivity contribution is -0.128. The predicted octanol–water partition coefficient (Wildman–Crippen LogP) is 1.08. The Labute approximate surface area is 123 Å². The van der Waals surface area contributed by atoms with E-state index < -0.39 is 5.97 Å². The van der Waals surface area contributed by atoms with Gasteiger partial charge in [0.1, 0.15) is 0 Å². The molecule has 1 heterocycles. The number of benzene rings is 1. The Morgan fingerprint density at radius 2 is 1.52 bits per heavy atom. The van der Waals surface area contributed by atoms with E-state index in [0.717, 1.165) is 0 Å². The van der Waals surface area contributed by atoms with Crippen LogP contribution in [-0.2, 0) is 4.79 Å². The van der Waals surface area contributed by atoms with Gasteiger partial charge in [0.05, 0.1) is 11.1 Å². The van der Waals surface area contributed by atoms with Crippen molar-refractivity contribution in [2.75, 3.05) is 26.2 Å². The number of carbonyl (C=O) groups excluding carboxylic acids is 2. The Morgan fingerprint density at radius 1 is 0.952 bits per heavy atom. The minimum absolute atomic E-state index is 0.00441. The van der Waals surface area contributed by atoms with Crippen molar-refractivity contribution >= 4 is 17.8 Å². The molecule has 0 unspecified atom stereocenters. The number of carbonyl (C=O) groups is 3. The molecular formula is C15H18N2O4. The summed E-state index contributed by atoms with van der Waals surface area (Å²) in [4.78, 5) is 38.4. The molecule has 0 aliphatic carbocycles. The quantitative estimate of drug-likeness (QED) is 0.884. The minimum atomic E-state index is -1.11. The standard InChI is InChI=1S/C15H18N2O4/c1-11(18)16-7-4-8-17(10-9-16)14(19)12-5-2-3-6-13(12)15(20)21/h2-3,5-6H,4,7-10H2,1H3,(H,20,21). The van der Waals surface area contributed by atoms with Gasteiger partial charge in [-0.05, 0) is 18.6 Å². The van der Waals surface area contributed by atoms with Crippen molar-refractivity contribution in [2.45, 2.75) is 13.3 Å². The summed E-state index contributed by atoms with van der Waals surface area (Å²) < 4.78 is 0. The lowest BCUT2D eigenvalue weighted by atomic mass is 10.1. The number of carboxylic acid groups (broad SMARTS) is 1. The predicted molar refractivity (Wildman–Crippen MR) is 76.2 cm³/mol. The van der Waals surface area contributed by atoms with E-state index in [4.69, 9.17) is 5.11 Å². The van der Waals surface area contributed by atoms with Gasteiger partial charge in [-0.15, -0.1) is 0 Å². The van der Waals surface area contributed by atoms with Crippen molar-refractivity contribution < 1.29 is 19.5 Å². The van der Waals surface area contributed by atoms with Gasteiger partial charge in [-0.3, -0.25) is 9.59 Å². The Hall–Kier alpha value is -2.37. The topological polar surface area (TPSA) is 77.9 Å². The molecule has 1 aromatic carbocycles. The van der Waals surface area contributed by atoms with E-state index in [9.17, 15) is 14.4 Å². The fourth-order valence-corrected chi connectivity index (χ4v) is 2.46. The summed E-state index contributed by atoms with van der Waals surface area (Å²) in [5.41, 5.74) is 0.205. The molecule has 6 nitrogen and oxygen atoms in total. The molecule has 1 fully saturated rings. The number of hydrogen-bond acceptors (Lipinski definition) is 3. The van der Waals surface area contributed by atoms with Crippen LogP contribution in [-0.4, -0.2) is 58.9 Å². The average molecular weight is 290 g/mol. The van der Waals surface area contributed by atoms with E-state index in [2.05, 4.69) is 0 Å². The van der Waals surface area contributed by atoms with Gasteiger partial charge >= 0.3 is 5.97 Å². The van der Waals surface area contributed by atoms with Crippen LogP contribution in [0.5, 0.6) is 0 Å². The summed E-state index contributed by atoms with van der Waals surface area (Å²) >= 11 is 0. The summed E-state index contributed by atoms with van der Waals surface area (Å²) in [7, 11) is 0. The molecule has 0 radical (unpaired) electrons. The molecule has 0 spiro atoms. The molecule has 0 atom stereocenters. The second-order valence-electron chi connectivity index (χ2n) is 5.00. The van der Waals surface area contributed by atoms with Crippen molar-refractivity contribution in [1.82, 2.24) is 9.80 Å². The van der Waals surface area contributed by atoms with Crippen LogP contribution >= 0.6 is 0 Å². The van der Waals surface area contributed by atoms with Crippen LogP contribution in [0.1, 0.15) is 34.1 Å². The molecule has 6 heteroatoms. The van der Waals surface area contributed by atoms with Crippen LogP contribution in [0.4, 0.5) is 0 Å². The fourth-order valence-electron chi connectivity index (χ4n) is 2.46. The largest absolute Gasteiger partial charge is 0.478 e. The van der Waals surface area contributed by atoms with Crippen LogP contribution in [0.2, 0.25) is 0 Å². The first-order valence-electron chi connectivity index (χ1n) is 6.88. The fraction of sp³-hybridized carbons (Fsp3) is 0.400. The van der Waals surface area contributed by atoms with Crippen LogP contribution in [0.15, 0.2) is 24.3 Å². The van der Waals surface area contributed by atoms with Crippen LogP contribution < -0.4 is 0 Å². The van der Waals surface area contributed by atoms with Crippen molar-refractivity contribution in [3.8, 4) is 0 Å². The molecule has 112 valence electrons. The molecule has 0 bridgehead atoms. The zero-order chi connectivity index (χ0) is 15.4. The molecule has 1 aliphatic rings. The van der Waals surface area contributed by atoms with E-state index in [0.29, 0.717) is 32.6 Å². The van der Waals surface area contributed by atoms with Crippen molar-refractivity contribution in [2.24, 2.45) is 0 Å². The van der Waals surface area contributed by atoms with Gasteiger partial charge in [0.15, 0.2) is 0 Å². The average Bonchev–Trinajstić information content (AvgIpc) is 2.72. The molecule has 1 aliphatic heterocycles. The van der Waals surface area contributed by atoms with E-state index in [1.54, 1.807) is 21.9 Å². The lowest BCUT2D eigenvalue weighted by Gasteiger charge is -2.22. The maximum atomic E-state index is 12.5. The zero-order valence-electron chi connectivity index (χ0n) is 11.9. The van der Waals surface area contributed by atoms with E-state index in [-0.39, 0.29) is 22.9 Å². The molecule has 2 amide bonds. The number of nitrogens with zero attached hydrogens (tertiary/aromatic N) is 2. The molecule has 0 saturated carbocycles. The van der Waals surface area contributed by atoms with Gasteiger partial charge in [0, 0.05) is 33.1 Å². The minimum Gasteiger partial charge on any atom is -0.478 e. The van der Waals surface area contributed by atoms with Gasteiger partial charge in [0.25, 0.3) is 5.91 Å². The highest BCUT2D eigenvalue weighted by molar-refractivity contribution is 6.04. The molecule has 1 N–H and O–H groups in total. The van der Waals surface area contributed by atoms with Gasteiger partial charge in [0.2, 0.25) is 5.91 Å².